The summed E-state index contributed by atoms with van der Waals surface area (Å²) in [5, 5.41) is 33.9. The number of amides is 1. The smallest absolute Gasteiger partial charge is 0.377 e. The van der Waals surface area contributed by atoms with Crippen molar-refractivity contribution in [3.8, 4) is 33.8 Å². The molecule has 4 fully saturated rings. The Morgan fingerprint density at radius 3 is 1.32 bits per heavy atom. The van der Waals surface area contributed by atoms with Gasteiger partial charge in [0.2, 0.25) is 5.78 Å². The number of ether oxygens (including phenoxy) is 2. The van der Waals surface area contributed by atoms with Crippen molar-refractivity contribution < 1.29 is 52.8 Å². The third-order valence-corrected chi connectivity index (χ3v) is 14.3. The van der Waals surface area contributed by atoms with E-state index in [0.717, 1.165) is 99.1 Å². The molecule has 10 rings (SSSR count). The van der Waals surface area contributed by atoms with Crippen molar-refractivity contribution in [1.29, 1.82) is 0 Å². The van der Waals surface area contributed by atoms with E-state index in [4.69, 9.17) is 43.5 Å². The molecule has 0 aromatic heterocycles. The van der Waals surface area contributed by atoms with E-state index in [1.54, 1.807) is 84.9 Å². The summed E-state index contributed by atoms with van der Waals surface area (Å²) in [5.74, 6) is -3.29. The molecule has 2 heterocycles. The molecule has 6 N–H and O–H groups in total. The van der Waals surface area contributed by atoms with Crippen LogP contribution in [0.3, 0.4) is 0 Å². The summed E-state index contributed by atoms with van der Waals surface area (Å²) in [4.78, 5) is 52.2. The molecule has 6 aromatic carbocycles. The Bertz CT molecular complexity index is 2970. The average Bonchev–Trinajstić information content (AvgIpc) is 4.34. The average molecular weight is 1110 g/mol. The minimum Gasteiger partial charge on any atom is -0.489 e. The molecule has 2 aliphatic heterocycles. The Kier molecular flexibility index (Phi) is 21.1. The monoisotopic (exact) mass is 1110 g/mol. The zero-order valence-corrected chi connectivity index (χ0v) is 43.9. The summed E-state index contributed by atoms with van der Waals surface area (Å²) in [5.41, 5.74) is 11.0. The highest BCUT2D eigenvalue weighted by Crippen LogP contribution is 2.36. The number of nitrogens with zero attached hydrogens (tertiary/aromatic N) is 2. The lowest BCUT2D eigenvalue weighted by atomic mass is 10.00. The summed E-state index contributed by atoms with van der Waals surface area (Å²) >= 11 is 12.6. The molecule has 4 atom stereocenters. The number of likely N-dealkylation sites (tertiary alicyclic amines) is 2. The summed E-state index contributed by atoms with van der Waals surface area (Å²) in [6, 6.07) is 34.3. The van der Waals surface area contributed by atoms with Crippen LogP contribution in [-0.2, 0) is 9.59 Å². The van der Waals surface area contributed by atoms with Gasteiger partial charge < -0.3 is 45.6 Å². The van der Waals surface area contributed by atoms with E-state index in [1.165, 1.54) is 49.2 Å². The van der Waals surface area contributed by atoms with Gasteiger partial charge in [-0.3, -0.25) is 14.4 Å². The topological polar surface area (TPSA) is 192 Å². The van der Waals surface area contributed by atoms with Gasteiger partial charge in [-0.15, -0.1) is 0 Å². The Morgan fingerprint density at radius 1 is 0.564 bits per heavy atom. The van der Waals surface area contributed by atoms with Crippen LogP contribution in [0.15, 0.2) is 133 Å². The van der Waals surface area contributed by atoms with Crippen molar-refractivity contribution >= 4 is 46.6 Å². The Morgan fingerprint density at radius 2 is 0.936 bits per heavy atom. The first kappa shape index (κ1) is 59.1. The van der Waals surface area contributed by atoms with Gasteiger partial charge in [-0.2, -0.15) is 0 Å². The molecule has 0 radical (unpaired) electrons. The zero-order valence-electron chi connectivity index (χ0n) is 42.3. The van der Waals surface area contributed by atoms with Gasteiger partial charge in [0.05, 0.1) is 34.4 Å². The first-order chi connectivity index (χ1) is 37.1. The molecule has 2 saturated carbocycles. The van der Waals surface area contributed by atoms with Gasteiger partial charge in [-0.1, -0.05) is 116 Å². The first-order valence-corrected chi connectivity index (χ1v) is 26.7. The van der Waals surface area contributed by atoms with Crippen LogP contribution in [0.1, 0.15) is 103 Å². The highest BCUT2D eigenvalue weighted by atomic mass is 35.5. The van der Waals surface area contributed by atoms with Crippen molar-refractivity contribution in [1.82, 2.24) is 15.1 Å². The molecule has 78 heavy (non-hydrogen) atoms. The predicted molar refractivity (Wildman–Crippen MR) is 298 cm³/mol. The number of aliphatic hydroxyl groups excluding tert-OH is 2. The molecule has 0 spiro atoms. The van der Waals surface area contributed by atoms with Crippen LogP contribution in [0.2, 0.25) is 10.0 Å². The fourth-order valence-electron chi connectivity index (χ4n) is 9.04. The third kappa shape index (κ3) is 16.7. The van der Waals surface area contributed by atoms with Crippen molar-refractivity contribution in [3.05, 3.63) is 177 Å². The van der Waals surface area contributed by atoms with Crippen LogP contribution < -0.4 is 20.5 Å². The van der Waals surface area contributed by atoms with E-state index in [1.807, 2.05) is 12.1 Å². The standard InChI is InChI=1S/C30H30ClFN2O4.C16H23ClN2O2.C14H9FO3.CH4/c31-25-17-22(9-14-27(25)38-24-12-13-24)28(35)26(18-34-15-1-2-16-34)33-30(37)29(36)21-5-3-19(4-6-21)20-7-10-23(32)11-8-20;17-13-9-11(3-6-15(13)21-12-4-5-12)16(20)14(18)10-19-7-1-2-8-19;15-12-7-5-10(6-8-12)9-1-3-11(4-2-9)13(16)14(17)18;/h3-11,14,17,24,26,28,35H,1-2,12-13,15-16,18H2,(H,33,37);3,6,9,12,14,16,20H,1-2,4-5,7-8,10,18H2;1-8H,(H,17,18);1H4/t26-,28-;14-,16-;;/m11../s1. The Balaban J connectivity index is 0.000000186. The van der Waals surface area contributed by atoms with Gasteiger partial charge in [0.15, 0.2) is 0 Å². The minimum atomic E-state index is -1.48. The number of benzene rings is 6. The highest BCUT2D eigenvalue weighted by Gasteiger charge is 2.31. The fraction of sp³-hybridized carbons (Fsp3) is 0.344. The molecule has 2 saturated heterocycles. The molecule has 0 unspecified atom stereocenters. The number of halogens is 4. The van der Waals surface area contributed by atoms with Crippen LogP contribution in [0.25, 0.3) is 22.3 Å². The lowest BCUT2D eigenvalue weighted by Gasteiger charge is -2.28. The van der Waals surface area contributed by atoms with Crippen LogP contribution in [0.4, 0.5) is 8.78 Å². The molecule has 1 amide bonds. The highest BCUT2D eigenvalue weighted by molar-refractivity contribution is 6.43. The number of nitrogens with two attached hydrogens (primary N) is 1. The van der Waals surface area contributed by atoms with Gasteiger partial charge in [0.1, 0.15) is 29.2 Å². The number of aliphatic carboxylic acids is 1. The molecular formula is C61H66Cl2F2N4O9. The van der Waals surface area contributed by atoms with E-state index in [-0.39, 0.29) is 42.3 Å². The lowest BCUT2D eigenvalue weighted by molar-refractivity contribution is -0.131. The van der Waals surface area contributed by atoms with Gasteiger partial charge in [-0.25, -0.2) is 13.6 Å². The maximum Gasteiger partial charge on any atom is 0.377 e. The molecule has 412 valence electrons. The number of aliphatic hydroxyl groups is 2. The molecule has 4 aliphatic rings. The largest absolute Gasteiger partial charge is 0.489 e. The van der Waals surface area contributed by atoms with Crippen molar-refractivity contribution in [2.45, 2.75) is 95.3 Å². The van der Waals surface area contributed by atoms with Gasteiger partial charge in [0.25, 0.3) is 11.7 Å². The second kappa shape index (κ2) is 27.8. The molecule has 17 heteroatoms. The number of carbonyl (C=O) groups excluding carboxylic acids is 3. The maximum absolute atomic E-state index is 13.2. The summed E-state index contributed by atoms with van der Waals surface area (Å²) in [6.45, 7) is 5.02. The van der Waals surface area contributed by atoms with Crippen LogP contribution in [-0.4, -0.2) is 112 Å². The number of Topliss-reactive ketones (excluding diaryl/α,β-unsaturated/α-hetero) is 2. The van der Waals surface area contributed by atoms with Gasteiger partial charge in [-0.05, 0) is 159 Å². The van der Waals surface area contributed by atoms with E-state index in [2.05, 4.69) is 15.1 Å². The number of nitrogens with one attached hydrogen (secondary N) is 1. The SMILES string of the molecule is C.N[C@H](CN1CCCC1)[C@H](O)c1ccc(OC2CC2)c(Cl)c1.O=C(N[C@H](CN1CCCC1)[C@H](O)c1ccc(OC2CC2)c(Cl)c1)C(=O)c1ccc(-c2ccc(F)cc2)cc1.O=C(O)C(=O)c1ccc(-c2ccc(F)cc2)cc1. The fourth-order valence-corrected chi connectivity index (χ4v) is 9.50. The number of carboxylic acids is 1. The van der Waals surface area contributed by atoms with E-state index >= 15 is 0 Å². The van der Waals surface area contributed by atoms with E-state index in [9.17, 15) is 38.2 Å². The number of rotatable bonds is 19. The van der Waals surface area contributed by atoms with Crippen molar-refractivity contribution in [2.75, 3.05) is 39.3 Å². The number of hydrogen-bond donors (Lipinski definition) is 5. The second-order valence-corrected chi connectivity index (χ2v) is 20.6. The number of carboxylic acid groups (broad SMARTS) is 1. The first-order valence-electron chi connectivity index (χ1n) is 25.9. The van der Waals surface area contributed by atoms with Crippen molar-refractivity contribution in [3.63, 3.8) is 0 Å². The maximum atomic E-state index is 13.2. The Hall–Kier alpha value is -6.56. The molecule has 6 aromatic rings. The lowest BCUT2D eigenvalue weighted by Crippen LogP contribution is -2.48. The van der Waals surface area contributed by atoms with E-state index < -0.39 is 41.7 Å². The molecule has 13 nitrogen and oxygen atoms in total. The van der Waals surface area contributed by atoms with Crippen LogP contribution >= 0.6 is 23.2 Å². The third-order valence-electron chi connectivity index (χ3n) is 13.7. The van der Waals surface area contributed by atoms with E-state index in [0.29, 0.717) is 39.8 Å². The number of ketones is 2. The van der Waals surface area contributed by atoms with Gasteiger partial charge >= 0.3 is 5.97 Å². The predicted octanol–water partition coefficient (Wildman–Crippen LogP) is 10.9. The van der Waals surface area contributed by atoms with Crippen LogP contribution in [0, 0.1) is 11.6 Å². The second-order valence-electron chi connectivity index (χ2n) is 19.8. The summed E-state index contributed by atoms with van der Waals surface area (Å²) in [7, 11) is 0. The normalized spacial score (nSPS) is 16.7. The summed E-state index contributed by atoms with van der Waals surface area (Å²) in [6.07, 6.45) is 7.51. The number of carbonyl (C=O) groups is 4. The Labute approximate surface area is 463 Å². The van der Waals surface area contributed by atoms with Gasteiger partial charge in [0, 0.05) is 30.3 Å². The quantitative estimate of drug-likeness (QED) is 0.0381. The minimum absolute atomic E-state index is 0. The molecule has 2 aliphatic carbocycles. The van der Waals surface area contributed by atoms with Crippen molar-refractivity contribution in [2.24, 2.45) is 5.73 Å². The molecular weight excluding hydrogens is 1040 g/mol. The summed E-state index contributed by atoms with van der Waals surface area (Å²) < 4.78 is 37.5. The zero-order chi connectivity index (χ0) is 54.6. The number of hydrogen-bond acceptors (Lipinski definition) is 11. The molecule has 0 bridgehead atoms. The van der Waals surface area contributed by atoms with Crippen LogP contribution in [0.5, 0.6) is 11.5 Å².